The van der Waals surface area contributed by atoms with Crippen LogP contribution in [0.25, 0.3) is 11.0 Å². The fourth-order valence-corrected chi connectivity index (χ4v) is 1.25. The highest BCUT2D eigenvalue weighted by Gasteiger charge is 2.10. The lowest BCUT2D eigenvalue weighted by Crippen LogP contribution is -2.10. The average molecular weight is 176 g/mol. The number of nitrogens with two attached hydrogens (primary N) is 1. The molecular formula is C8H8N4O. The van der Waals surface area contributed by atoms with Crippen molar-refractivity contribution in [1.82, 2.24) is 9.97 Å². The molecule has 0 radical (unpaired) electrons. The lowest BCUT2D eigenvalue weighted by Gasteiger charge is -1.96. The Balaban J connectivity index is 2.86. The van der Waals surface area contributed by atoms with Gasteiger partial charge < -0.3 is 15.8 Å². The van der Waals surface area contributed by atoms with Crippen molar-refractivity contribution in [3.05, 3.63) is 24.0 Å². The van der Waals surface area contributed by atoms with Crippen molar-refractivity contribution in [2.75, 3.05) is 0 Å². The van der Waals surface area contributed by atoms with Gasteiger partial charge in [-0.15, -0.1) is 0 Å². The number of H-pyrrole nitrogens is 1. The van der Waals surface area contributed by atoms with Crippen molar-refractivity contribution in [1.29, 1.82) is 5.41 Å². The number of rotatable bonds is 1. The van der Waals surface area contributed by atoms with E-state index in [1.807, 2.05) is 0 Å². The van der Waals surface area contributed by atoms with Gasteiger partial charge in [0, 0.05) is 18.0 Å². The normalized spacial score (nSPS) is 10.5. The molecular weight excluding hydrogens is 168 g/mol. The predicted molar refractivity (Wildman–Crippen MR) is 48.8 cm³/mol. The Labute approximate surface area is 73.7 Å². The van der Waals surface area contributed by atoms with Crippen molar-refractivity contribution >= 4 is 16.9 Å². The summed E-state index contributed by atoms with van der Waals surface area (Å²) in [7, 11) is 0. The van der Waals surface area contributed by atoms with Crippen LogP contribution in [0, 0.1) is 5.41 Å². The van der Waals surface area contributed by atoms with Crippen LogP contribution in [-0.4, -0.2) is 20.9 Å². The second-order valence-corrected chi connectivity index (χ2v) is 2.67. The maximum absolute atomic E-state index is 9.48. The summed E-state index contributed by atoms with van der Waals surface area (Å²) in [5.41, 5.74) is 6.32. The van der Waals surface area contributed by atoms with Crippen LogP contribution in [0.5, 0.6) is 5.75 Å². The molecule has 0 fully saturated rings. The van der Waals surface area contributed by atoms with Gasteiger partial charge in [0.1, 0.15) is 17.2 Å². The van der Waals surface area contributed by atoms with Crippen LogP contribution in [-0.2, 0) is 0 Å². The molecule has 0 saturated carbocycles. The van der Waals surface area contributed by atoms with Gasteiger partial charge in [0.05, 0.1) is 5.39 Å². The Morgan fingerprint density at radius 2 is 2.38 bits per heavy atom. The maximum atomic E-state index is 9.48. The molecule has 13 heavy (non-hydrogen) atoms. The number of nitrogens with one attached hydrogen (secondary N) is 2. The third kappa shape index (κ3) is 1.01. The number of aromatic nitrogens is 2. The molecule has 0 spiro atoms. The second kappa shape index (κ2) is 2.48. The van der Waals surface area contributed by atoms with E-state index in [0.29, 0.717) is 16.6 Å². The predicted octanol–water partition coefficient (Wildman–Crippen LogP) is 0.553. The number of hydrogen-bond acceptors (Lipinski definition) is 3. The molecule has 2 aromatic heterocycles. The molecule has 0 aliphatic rings. The van der Waals surface area contributed by atoms with Crippen LogP contribution in [0.15, 0.2) is 18.5 Å². The number of hydrogen-bond donors (Lipinski definition) is 4. The molecule has 0 unspecified atom stereocenters. The van der Waals surface area contributed by atoms with E-state index in [-0.39, 0.29) is 11.6 Å². The smallest absolute Gasteiger partial charge is 0.141 e. The highest BCUT2D eigenvalue weighted by Crippen LogP contribution is 2.25. The fourth-order valence-electron chi connectivity index (χ4n) is 1.25. The van der Waals surface area contributed by atoms with E-state index < -0.39 is 0 Å². The SMILES string of the molecule is N=C(N)c1c[nH]c2nccc(O)c12. The minimum absolute atomic E-state index is 0.0800. The first-order chi connectivity index (χ1) is 6.20. The van der Waals surface area contributed by atoms with Crippen LogP contribution in [0.3, 0.4) is 0 Å². The summed E-state index contributed by atoms with van der Waals surface area (Å²) < 4.78 is 0. The van der Waals surface area contributed by atoms with Gasteiger partial charge in [-0.3, -0.25) is 5.41 Å². The first kappa shape index (κ1) is 7.60. The maximum Gasteiger partial charge on any atom is 0.141 e. The molecule has 2 aromatic rings. The number of nitrogens with zero attached hydrogens (tertiary/aromatic N) is 1. The molecule has 5 nitrogen and oxygen atoms in total. The molecule has 5 N–H and O–H groups in total. The van der Waals surface area contributed by atoms with E-state index in [9.17, 15) is 5.11 Å². The van der Waals surface area contributed by atoms with Crippen molar-refractivity contribution in [2.24, 2.45) is 5.73 Å². The minimum atomic E-state index is -0.0884. The number of aromatic amines is 1. The van der Waals surface area contributed by atoms with E-state index in [1.54, 1.807) is 6.20 Å². The number of pyridine rings is 1. The molecule has 0 aliphatic heterocycles. The summed E-state index contributed by atoms with van der Waals surface area (Å²) in [6.45, 7) is 0. The topological polar surface area (TPSA) is 98.8 Å². The van der Waals surface area contributed by atoms with Crippen molar-refractivity contribution in [2.45, 2.75) is 0 Å². The van der Waals surface area contributed by atoms with Gasteiger partial charge in [-0.05, 0) is 6.07 Å². The zero-order chi connectivity index (χ0) is 9.42. The number of fused-ring (bicyclic) bond motifs is 1. The quantitative estimate of drug-likeness (QED) is 0.377. The standard InChI is InChI=1S/C8H8N4O/c9-7(10)4-3-12-8-6(4)5(13)1-2-11-8/h1-3H,(H3,9,10)(H2,11,12,13). The molecule has 2 heterocycles. The Bertz CT molecular complexity index is 474. The van der Waals surface area contributed by atoms with Crippen molar-refractivity contribution in [3.63, 3.8) is 0 Å². The van der Waals surface area contributed by atoms with Crippen LogP contribution in [0.1, 0.15) is 5.56 Å². The lowest BCUT2D eigenvalue weighted by molar-refractivity contribution is 0.481. The Hall–Kier alpha value is -2.04. The summed E-state index contributed by atoms with van der Waals surface area (Å²) >= 11 is 0. The van der Waals surface area contributed by atoms with E-state index in [1.165, 1.54) is 12.3 Å². The van der Waals surface area contributed by atoms with Crippen molar-refractivity contribution in [3.8, 4) is 5.75 Å². The van der Waals surface area contributed by atoms with E-state index in [2.05, 4.69) is 9.97 Å². The van der Waals surface area contributed by atoms with Gasteiger partial charge in [-0.1, -0.05) is 0 Å². The number of aromatic hydroxyl groups is 1. The van der Waals surface area contributed by atoms with Crippen LogP contribution < -0.4 is 5.73 Å². The molecule has 5 heteroatoms. The van der Waals surface area contributed by atoms with Crippen LogP contribution >= 0.6 is 0 Å². The van der Waals surface area contributed by atoms with Gasteiger partial charge >= 0.3 is 0 Å². The Morgan fingerprint density at radius 1 is 1.62 bits per heavy atom. The summed E-state index contributed by atoms with van der Waals surface area (Å²) in [4.78, 5) is 6.80. The van der Waals surface area contributed by atoms with Gasteiger partial charge in [0.2, 0.25) is 0 Å². The zero-order valence-electron chi connectivity index (χ0n) is 6.70. The third-order valence-electron chi connectivity index (χ3n) is 1.84. The van der Waals surface area contributed by atoms with Crippen LogP contribution in [0.4, 0.5) is 0 Å². The summed E-state index contributed by atoms with van der Waals surface area (Å²) in [6.07, 6.45) is 3.04. The monoisotopic (exact) mass is 176 g/mol. The molecule has 0 aliphatic carbocycles. The van der Waals surface area contributed by atoms with Gasteiger partial charge in [-0.2, -0.15) is 0 Å². The Morgan fingerprint density at radius 3 is 3.08 bits per heavy atom. The minimum Gasteiger partial charge on any atom is -0.507 e. The van der Waals surface area contributed by atoms with E-state index in [4.69, 9.17) is 11.1 Å². The van der Waals surface area contributed by atoms with Gasteiger partial charge in [0.15, 0.2) is 0 Å². The summed E-state index contributed by atoms with van der Waals surface area (Å²) in [5.74, 6) is -0.00833. The summed E-state index contributed by atoms with van der Waals surface area (Å²) in [5, 5.41) is 17.2. The van der Waals surface area contributed by atoms with Gasteiger partial charge in [0.25, 0.3) is 0 Å². The molecule has 0 amide bonds. The largest absolute Gasteiger partial charge is 0.507 e. The second-order valence-electron chi connectivity index (χ2n) is 2.67. The molecule has 0 atom stereocenters. The Kier molecular flexibility index (Phi) is 1.45. The number of nitrogen functional groups attached to an aromatic ring is 1. The lowest BCUT2D eigenvalue weighted by atomic mass is 10.2. The zero-order valence-corrected chi connectivity index (χ0v) is 6.70. The molecule has 66 valence electrons. The highest BCUT2D eigenvalue weighted by atomic mass is 16.3. The molecule has 2 rings (SSSR count). The molecule has 0 saturated heterocycles. The number of amidine groups is 1. The first-order valence-corrected chi connectivity index (χ1v) is 3.69. The van der Waals surface area contributed by atoms with Gasteiger partial charge in [-0.25, -0.2) is 4.98 Å². The van der Waals surface area contributed by atoms with Crippen molar-refractivity contribution < 1.29 is 5.11 Å². The summed E-state index contributed by atoms with van der Waals surface area (Å²) in [6, 6.07) is 1.46. The van der Waals surface area contributed by atoms with E-state index in [0.717, 1.165) is 0 Å². The average Bonchev–Trinajstić information content (AvgIpc) is 2.49. The van der Waals surface area contributed by atoms with E-state index >= 15 is 0 Å². The fraction of sp³-hybridized carbons (Fsp3) is 0. The third-order valence-corrected chi connectivity index (χ3v) is 1.84. The highest BCUT2D eigenvalue weighted by molar-refractivity contribution is 6.08. The molecule has 0 bridgehead atoms. The van der Waals surface area contributed by atoms with Crippen LogP contribution in [0.2, 0.25) is 0 Å². The first-order valence-electron chi connectivity index (χ1n) is 3.69. The molecule has 0 aromatic carbocycles.